The van der Waals surface area contributed by atoms with Crippen LogP contribution >= 0.6 is 0 Å². The Morgan fingerprint density at radius 3 is 2.80 bits per heavy atom. The Bertz CT molecular complexity index is 402. The monoisotopic (exact) mass is 275 g/mol. The highest BCUT2D eigenvalue weighted by Gasteiger charge is 2.22. The predicted octanol–water partition coefficient (Wildman–Crippen LogP) is 4.39. The molecule has 1 aromatic rings. The molecule has 2 rings (SSSR count). The van der Waals surface area contributed by atoms with Crippen molar-refractivity contribution in [2.75, 3.05) is 7.11 Å². The van der Waals surface area contributed by atoms with E-state index >= 15 is 0 Å². The van der Waals surface area contributed by atoms with Crippen LogP contribution in [0.4, 0.5) is 0 Å². The molecule has 1 aliphatic carbocycles. The summed E-state index contributed by atoms with van der Waals surface area (Å²) in [5.41, 5.74) is 1.26. The number of benzene rings is 1. The average molecular weight is 275 g/mol. The lowest BCUT2D eigenvalue weighted by Gasteiger charge is -2.31. The fourth-order valence-corrected chi connectivity index (χ4v) is 3.46. The Hall–Kier alpha value is -1.02. The van der Waals surface area contributed by atoms with Gasteiger partial charge in [0.1, 0.15) is 5.75 Å². The first-order valence-electron chi connectivity index (χ1n) is 8.04. The van der Waals surface area contributed by atoms with Crippen LogP contribution in [0.3, 0.4) is 0 Å². The number of hydrogen-bond donors (Lipinski definition) is 1. The molecular weight excluding hydrogens is 246 g/mol. The van der Waals surface area contributed by atoms with Gasteiger partial charge in [-0.25, -0.2) is 0 Å². The van der Waals surface area contributed by atoms with E-state index in [1.54, 1.807) is 7.11 Å². The third kappa shape index (κ3) is 4.52. The molecule has 2 heteroatoms. The van der Waals surface area contributed by atoms with E-state index in [4.69, 9.17) is 4.74 Å². The number of methoxy groups -OCH3 is 1. The summed E-state index contributed by atoms with van der Waals surface area (Å²) in [4.78, 5) is 0. The minimum atomic E-state index is 0.678. The summed E-state index contributed by atoms with van der Waals surface area (Å²) in [7, 11) is 1.75. The maximum absolute atomic E-state index is 5.42. The molecule has 1 saturated carbocycles. The summed E-state index contributed by atoms with van der Waals surface area (Å²) < 4.78 is 5.42. The van der Waals surface area contributed by atoms with E-state index in [2.05, 4.69) is 31.3 Å². The molecule has 0 spiro atoms. The summed E-state index contributed by atoms with van der Waals surface area (Å²) in [5.74, 6) is 2.74. The van der Waals surface area contributed by atoms with Crippen molar-refractivity contribution in [2.45, 2.75) is 58.5 Å². The number of para-hydroxylation sites is 1. The molecule has 0 heterocycles. The third-order valence-electron chi connectivity index (χ3n) is 4.36. The van der Waals surface area contributed by atoms with Crippen molar-refractivity contribution in [3.8, 4) is 5.75 Å². The zero-order valence-electron chi connectivity index (χ0n) is 13.2. The van der Waals surface area contributed by atoms with Crippen LogP contribution in [-0.4, -0.2) is 13.2 Å². The number of hydrogen-bond acceptors (Lipinski definition) is 2. The van der Waals surface area contributed by atoms with Crippen molar-refractivity contribution in [3.63, 3.8) is 0 Å². The normalized spacial score (nSPS) is 23.0. The second kappa shape index (κ2) is 7.68. The molecular formula is C18H29NO. The van der Waals surface area contributed by atoms with E-state index in [0.29, 0.717) is 6.04 Å². The number of ether oxygens (including phenoxy) is 1. The summed E-state index contributed by atoms with van der Waals surface area (Å²) in [6, 6.07) is 8.99. The Balaban J connectivity index is 1.84. The molecule has 0 aromatic heterocycles. The zero-order chi connectivity index (χ0) is 14.4. The van der Waals surface area contributed by atoms with Gasteiger partial charge in [0, 0.05) is 18.2 Å². The minimum absolute atomic E-state index is 0.678. The van der Waals surface area contributed by atoms with Gasteiger partial charge in [-0.3, -0.25) is 0 Å². The van der Waals surface area contributed by atoms with Crippen LogP contribution in [0.2, 0.25) is 0 Å². The molecule has 112 valence electrons. The Labute approximate surface area is 123 Å². The molecule has 0 aliphatic heterocycles. The van der Waals surface area contributed by atoms with E-state index in [9.17, 15) is 0 Å². The molecule has 0 saturated heterocycles. The maximum Gasteiger partial charge on any atom is 0.123 e. The molecule has 1 fully saturated rings. The van der Waals surface area contributed by atoms with Crippen LogP contribution < -0.4 is 10.1 Å². The summed E-state index contributed by atoms with van der Waals surface area (Å²) in [5, 5.41) is 3.74. The highest BCUT2D eigenvalue weighted by molar-refractivity contribution is 5.33. The standard InChI is InChI=1S/C18H29NO/c1-14(2)11-15-7-6-9-17(12-15)19-13-16-8-4-5-10-18(16)20-3/h4-5,8,10,14-15,17,19H,6-7,9,11-13H2,1-3H3. The van der Waals surface area contributed by atoms with Gasteiger partial charge >= 0.3 is 0 Å². The molecule has 20 heavy (non-hydrogen) atoms. The van der Waals surface area contributed by atoms with Gasteiger partial charge in [-0.05, 0) is 37.2 Å². The van der Waals surface area contributed by atoms with Gasteiger partial charge in [0.25, 0.3) is 0 Å². The summed E-state index contributed by atoms with van der Waals surface area (Å²) >= 11 is 0. The smallest absolute Gasteiger partial charge is 0.123 e. The Kier molecular flexibility index (Phi) is 5.90. The van der Waals surface area contributed by atoms with Crippen molar-refractivity contribution in [3.05, 3.63) is 29.8 Å². The van der Waals surface area contributed by atoms with E-state index in [0.717, 1.165) is 24.1 Å². The second-order valence-corrected chi connectivity index (χ2v) is 6.55. The fourth-order valence-electron chi connectivity index (χ4n) is 3.46. The SMILES string of the molecule is COc1ccccc1CNC1CCCC(CC(C)C)C1. The fraction of sp³-hybridized carbons (Fsp3) is 0.667. The van der Waals surface area contributed by atoms with Crippen LogP contribution in [0.25, 0.3) is 0 Å². The molecule has 1 N–H and O–H groups in total. The number of nitrogens with one attached hydrogen (secondary N) is 1. The van der Waals surface area contributed by atoms with E-state index in [1.807, 2.05) is 12.1 Å². The highest BCUT2D eigenvalue weighted by Crippen LogP contribution is 2.29. The predicted molar refractivity (Wildman–Crippen MR) is 85.0 cm³/mol. The molecule has 2 nitrogen and oxygen atoms in total. The quantitative estimate of drug-likeness (QED) is 0.831. The third-order valence-corrected chi connectivity index (χ3v) is 4.36. The van der Waals surface area contributed by atoms with E-state index in [-0.39, 0.29) is 0 Å². The van der Waals surface area contributed by atoms with Gasteiger partial charge in [-0.15, -0.1) is 0 Å². The van der Waals surface area contributed by atoms with Crippen LogP contribution in [0.1, 0.15) is 51.5 Å². The lowest BCUT2D eigenvalue weighted by atomic mass is 9.81. The van der Waals surface area contributed by atoms with Crippen LogP contribution in [0, 0.1) is 11.8 Å². The number of rotatable bonds is 6. The Morgan fingerprint density at radius 2 is 2.05 bits per heavy atom. The first kappa shape index (κ1) is 15.4. The van der Waals surface area contributed by atoms with Crippen molar-refractivity contribution in [2.24, 2.45) is 11.8 Å². The van der Waals surface area contributed by atoms with Gasteiger partial charge in [-0.2, -0.15) is 0 Å². The van der Waals surface area contributed by atoms with Gasteiger partial charge in [0.15, 0.2) is 0 Å². The highest BCUT2D eigenvalue weighted by atomic mass is 16.5. The Morgan fingerprint density at radius 1 is 1.25 bits per heavy atom. The van der Waals surface area contributed by atoms with E-state index < -0.39 is 0 Å². The first-order valence-corrected chi connectivity index (χ1v) is 8.04. The molecule has 2 atom stereocenters. The summed E-state index contributed by atoms with van der Waals surface area (Å²) in [6.45, 7) is 5.60. The first-order chi connectivity index (χ1) is 9.69. The molecule has 2 unspecified atom stereocenters. The topological polar surface area (TPSA) is 21.3 Å². The van der Waals surface area contributed by atoms with Crippen molar-refractivity contribution < 1.29 is 4.74 Å². The van der Waals surface area contributed by atoms with Crippen molar-refractivity contribution in [1.29, 1.82) is 0 Å². The lowest BCUT2D eigenvalue weighted by Crippen LogP contribution is -2.34. The zero-order valence-corrected chi connectivity index (χ0v) is 13.2. The maximum atomic E-state index is 5.42. The second-order valence-electron chi connectivity index (χ2n) is 6.55. The van der Waals surface area contributed by atoms with Crippen LogP contribution in [0.15, 0.2) is 24.3 Å². The molecule has 0 bridgehead atoms. The minimum Gasteiger partial charge on any atom is -0.496 e. The largest absolute Gasteiger partial charge is 0.496 e. The van der Waals surface area contributed by atoms with Crippen LogP contribution in [-0.2, 0) is 6.54 Å². The van der Waals surface area contributed by atoms with Gasteiger partial charge < -0.3 is 10.1 Å². The van der Waals surface area contributed by atoms with Crippen molar-refractivity contribution >= 4 is 0 Å². The van der Waals surface area contributed by atoms with Crippen molar-refractivity contribution in [1.82, 2.24) is 5.32 Å². The van der Waals surface area contributed by atoms with Crippen LogP contribution in [0.5, 0.6) is 5.75 Å². The van der Waals surface area contributed by atoms with E-state index in [1.165, 1.54) is 37.7 Å². The van der Waals surface area contributed by atoms with Gasteiger partial charge in [0.2, 0.25) is 0 Å². The molecule has 1 aromatic carbocycles. The average Bonchev–Trinajstić information content (AvgIpc) is 2.45. The van der Waals surface area contributed by atoms with Gasteiger partial charge in [0.05, 0.1) is 7.11 Å². The molecule has 0 amide bonds. The summed E-state index contributed by atoms with van der Waals surface area (Å²) in [6.07, 6.45) is 6.84. The van der Waals surface area contributed by atoms with Gasteiger partial charge in [-0.1, -0.05) is 44.9 Å². The lowest BCUT2D eigenvalue weighted by molar-refractivity contribution is 0.251. The molecule has 1 aliphatic rings. The molecule has 0 radical (unpaired) electrons.